The molecule has 0 saturated heterocycles. The van der Waals surface area contributed by atoms with Gasteiger partial charge in [-0.1, -0.05) is 45.0 Å². The van der Waals surface area contributed by atoms with Crippen molar-refractivity contribution in [1.82, 2.24) is 0 Å². The van der Waals surface area contributed by atoms with Gasteiger partial charge in [0.2, 0.25) is 0 Å². The van der Waals surface area contributed by atoms with Gasteiger partial charge in [-0.15, -0.1) is 0 Å². The van der Waals surface area contributed by atoms with E-state index in [1.165, 1.54) is 36.8 Å². The zero-order valence-corrected chi connectivity index (χ0v) is 15.2. The Kier molecular flexibility index (Phi) is 3.78. The highest BCUT2D eigenvalue weighted by molar-refractivity contribution is 5.69. The van der Waals surface area contributed by atoms with Gasteiger partial charge < -0.3 is 5.11 Å². The summed E-state index contributed by atoms with van der Waals surface area (Å²) in [5.74, 6) is 3.56. The summed E-state index contributed by atoms with van der Waals surface area (Å²) >= 11 is 0. The van der Waals surface area contributed by atoms with Crippen molar-refractivity contribution in [1.29, 1.82) is 0 Å². The van der Waals surface area contributed by atoms with E-state index in [-0.39, 0.29) is 5.41 Å². The standard InChI is InChI=1S/C22H30O2/c1-13(2)15-4-6-18(7-5-15)22(12-21(23)24)19-8-16-9-20(22)11-17(10-19)14(16)3/h4-7,13-14,16-17,19-20H,8-12H2,1-3H3,(H,23,24). The van der Waals surface area contributed by atoms with Crippen LogP contribution in [0.4, 0.5) is 0 Å². The third-order valence-corrected chi connectivity index (χ3v) is 7.85. The maximum absolute atomic E-state index is 11.8. The SMILES string of the molecule is CC(C)c1ccc(C2(CC(=O)O)C3CC4CC2CC(C3)C4C)cc1. The number of hydrogen-bond acceptors (Lipinski definition) is 1. The molecule has 0 atom stereocenters. The molecule has 4 aliphatic rings. The van der Waals surface area contributed by atoms with Crippen LogP contribution in [0.2, 0.25) is 0 Å². The van der Waals surface area contributed by atoms with Gasteiger partial charge in [-0.2, -0.15) is 0 Å². The molecule has 0 unspecified atom stereocenters. The Balaban J connectivity index is 1.76. The first-order chi connectivity index (χ1) is 11.4. The minimum atomic E-state index is -0.622. The van der Waals surface area contributed by atoms with E-state index < -0.39 is 5.97 Å². The van der Waals surface area contributed by atoms with Gasteiger partial charge in [-0.3, -0.25) is 4.79 Å². The van der Waals surface area contributed by atoms with Crippen LogP contribution < -0.4 is 0 Å². The fraction of sp³-hybridized carbons (Fsp3) is 0.682. The topological polar surface area (TPSA) is 37.3 Å². The minimum Gasteiger partial charge on any atom is -0.481 e. The molecule has 0 amide bonds. The molecule has 1 aromatic carbocycles. The van der Waals surface area contributed by atoms with E-state index in [0.29, 0.717) is 24.2 Å². The van der Waals surface area contributed by atoms with Gasteiger partial charge in [0.25, 0.3) is 0 Å². The Morgan fingerprint density at radius 2 is 1.58 bits per heavy atom. The molecule has 2 nitrogen and oxygen atoms in total. The van der Waals surface area contributed by atoms with Crippen molar-refractivity contribution in [2.24, 2.45) is 29.6 Å². The maximum Gasteiger partial charge on any atom is 0.304 e. The van der Waals surface area contributed by atoms with Crippen molar-refractivity contribution in [3.63, 3.8) is 0 Å². The third-order valence-electron chi connectivity index (χ3n) is 7.85. The average molecular weight is 326 g/mol. The van der Waals surface area contributed by atoms with Gasteiger partial charge in [-0.05, 0) is 72.3 Å². The molecule has 1 N–H and O–H groups in total. The molecule has 4 bridgehead atoms. The fourth-order valence-electron chi connectivity index (χ4n) is 6.56. The van der Waals surface area contributed by atoms with Gasteiger partial charge in [-0.25, -0.2) is 0 Å². The number of carboxylic acids is 1. The van der Waals surface area contributed by atoms with Gasteiger partial charge in [0.15, 0.2) is 0 Å². The Morgan fingerprint density at radius 3 is 2.00 bits per heavy atom. The summed E-state index contributed by atoms with van der Waals surface area (Å²) in [5.41, 5.74) is 2.53. The molecule has 0 aromatic heterocycles. The lowest BCUT2D eigenvalue weighted by molar-refractivity contribution is -0.147. The normalized spacial score (nSPS) is 40.2. The Morgan fingerprint density at radius 1 is 1.08 bits per heavy atom. The lowest BCUT2D eigenvalue weighted by atomic mass is 9.41. The van der Waals surface area contributed by atoms with Crippen LogP contribution in [0, 0.1) is 29.6 Å². The van der Waals surface area contributed by atoms with Crippen molar-refractivity contribution in [3.8, 4) is 0 Å². The highest BCUT2D eigenvalue weighted by Crippen LogP contribution is 2.65. The summed E-state index contributed by atoms with van der Waals surface area (Å²) in [4.78, 5) is 11.8. The minimum absolute atomic E-state index is 0.117. The second kappa shape index (κ2) is 5.61. The molecule has 4 aliphatic carbocycles. The van der Waals surface area contributed by atoms with Crippen molar-refractivity contribution in [2.75, 3.05) is 0 Å². The highest BCUT2D eigenvalue weighted by Gasteiger charge is 2.60. The van der Waals surface area contributed by atoms with Gasteiger partial charge >= 0.3 is 5.97 Å². The first kappa shape index (κ1) is 16.2. The van der Waals surface area contributed by atoms with Crippen LogP contribution in [0.1, 0.15) is 69.9 Å². The van der Waals surface area contributed by atoms with Gasteiger partial charge in [0.1, 0.15) is 0 Å². The van der Waals surface area contributed by atoms with Crippen LogP contribution in [0.15, 0.2) is 24.3 Å². The number of carboxylic acid groups (broad SMARTS) is 1. The molecule has 5 rings (SSSR count). The highest BCUT2D eigenvalue weighted by atomic mass is 16.4. The van der Waals surface area contributed by atoms with Crippen LogP contribution in [0.3, 0.4) is 0 Å². The summed E-state index contributed by atoms with van der Waals surface area (Å²) in [6.07, 6.45) is 5.29. The molecule has 130 valence electrons. The second-order valence-electron chi connectivity index (χ2n) is 9.10. The summed E-state index contributed by atoms with van der Waals surface area (Å²) in [7, 11) is 0. The van der Waals surface area contributed by atoms with E-state index >= 15 is 0 Å². The predicted octanol–water partition coefficient (Wildman–Crippen LogP) is 5.22. The Bertz CT molecular complexity index is 598. The molecule has 4 fully saturated rings. The van der Waals surface area contributed by atoms with Crippen LogP contribution >= 0.6 is 0 Å². The number of hydrogen-bond donors (Lipinski definition) is 1. The van der Waals surface area contributed by atoms with Crippen LogP contribution in [-0.2, 0) is 10.2 Å². The van der Waals surface area contributed by atoms with Crippen molar-refractivity contribution in [2.45, 2.75) is 64.2 Å². The quantitative estimate of drug-likeness (QED) is 0.823. The molecule has 2 heteroatoms. The first-order valence-electron chi connectivity index (χ1n) is 9.74. The number of benzene rings is 1. The van der Waals surface area contributed by atoms with E-state index in [2.05, 4.69) is 45.0 Å². The van der Waals surface area contributed by atoms with Crippen LogP contribution in [0.25, 0.3) is 0 Å². The van der Waals surface area contributed by atoms with E-state index in [1.54, 1.807) is 0 Å². The van der Waals surface area contributed by atoms with E-state index in [1.807, 2.05) is 0 Å². The summed E-state index contributed by atoms with van der Waals surface area (Å²) in [6.45, 7) is 6.86. The predicted molar refractivity (Wildman–Crippen MR) is 96.1 cm³/mol. The monoisotopic (exact) mass is 326 g/mol. The molecular weight excluding hydrogens is 296 g/mol. The van der Waals surface area contributed by atoms with E-state index in [9.17, 15) is 9.90 Å². The Labute approximate surface area is 145 Å². The molecular formula is C22H30O2. The lowest BCUT2D eigenvalue weighted by Gasteiger charge is -2.63. The van der Waals surface area contributed by atoms with Gasteiger partial charge in [0.05, 0.1) is 6.42 Å². The third kappa shape index (κ3) is 2.25. The molecule has 1 aromatic rings. The lowest BCUT2D eigenvalue weighted by Crippen LogP contribution is -2.58. The largest absolute Gasteiger partial charge is 0.481 e. The molecule has 24 heavy (non-hydrogen) atoms. The zero-order chi connectivity index (χ0) is 17.1. The molecule has 0 spiro atoms. The van der Waals surface area contributed by atoms with Crippen molar-refractivity contribution >= 4 is 5.97 Å². The average Bonchev–Trinajstić information content (AvgIpc) is 2.52. The summed E-state index contributed by atoms with van der Waals surface area (Å²) < 4.78 is 0. The molecule has 4 saturated carbocycles. The van der Waals surface area contributed by atoms with Crippen molar-refractivity contribution < 1.29 is 9.90 Å². The van der Waals surface area contributed by atoms with E-state index in [4.69, 9.17) is 0 Å². The molecule has 0 aliphatic heterocycles. The molecule has 0 heterocycles. The van der Waals surface area contributed by atoms with Crippen LogP contribution in [0.5, 0.6) is 0 Å². The number of rotatable bonds is 4. The number of aliphatic carboxylic acids is 1. The van der Waals surface area contributed by atoms with Gasteiger partial charge in [0, 0.05) is 5.41 Å². The number of carbonyl (C=O) groups is 1. The zero-order valence-electron chi connectivity index (χ0n) is 15.2. The summed E-state index contributed by atoms with van der Waals surface area (Å²) in [6, 6.07) is 8.97. The molecule has 0 radical (unpaired) electrons. The second-order valence-corrected chi connectivity index (χ2v) is 9.10. The van der Waals surface area contributed by atoms with Crippen molar-refractivity contribution in [3.05, 3.63) is 35.4 Å². The fourth-order valence-corrected chi connectivity index (χ4v) is 6.56. The summed E-state index contributed by atoms with van der Waals surface area (Å²) in [5, 5.41) is 9.72. The smallest absolute Gasteiger partial charge is 0.304 e. The van der Waals surface area contributed by atoms with E-state index in [0.717, 1.165) is 17.8 Å². The Hall–Kier alpha value is -1.31. The maximum atomic E-state index is 11.8. The van der Waals surface area contributed by atoms with Crippen LogP contribution in [-0.4, -0.2) is 11.1 Å². The first-order valence-corrected chi connectivity index (χ1v) is 9.74.